The lowest BCUT2D eigenvalue weighted by molar-refractivity contribution is -0.169. The Morgan fingerprint density at radius 3 is 2.34 bits per heavy atom. The van der Waals surface area contributed by atoms with E-state index in [1.165, 1.54) is 23.8 Å². The van der Waals surface area contributed by atoms with Crippen LogP contribution in [-0.2, 0) is 14.4 Å². The first-order valence-corrected chi connectivity index (χ1v) is 17.2. The predicted molar refractivity (Wildman–Crippen MR) is 182 cm³/mol. The Labute approximate surface area is 278 Å². The number of halogens is 1. The summed E-state index contributed by atoms with van der Waals surface area (Å²) in [4.78, 5) is 38.9. The van der Waals surface area contributed by atoms with E-state index < -0.39 is 5.41 Å². The van der Waals surface area contributed by atoms with Crippen LogP contribution in [0, 0.1) is 38.8 Å². The van der Waals surface area contributed by atoms with Crippen molar-refractivity contribution in [1.82, 2.24) is 10.6 Å². The van der Waals surface area contributed by atoms with E-state index in [9.17, 15) is 23.9 Å². The molecule has 0 radical (unpaired) electrons. The Bertz CT molecular complexity index is 1680. The average molecular weight is 641 g/mol. The third-order valence-corrected chi connectivity index (χ3v) is 13.4. The van der Waals surface area contributed by atoms with E-state index in [4.69, 9.17) is 0 Å². The van der Waals surface area contributed by atoms with Crippen LogP contribution in [0.25, 0.3) is 6.08 Å². The molecular formula is C40H49FN2O4. The summed E-state index contributed by atoms with van der Waals surface area (Å²) < 4.78 is 13.1. The maximum absolute atomic E-state index is 13.8. The van der Waals surface area contributed by atoms with Gasteiger partial charge in [0, 0.05) is 35.6 Å². The van der Waals surface area contributed by atoms with Crippen LogP contribution in [0.5, 0.6) is 0 Å². The van der Waals surface area contributed by atoms with E-state index in [-0.39, 0.29) is 50.8 Å². The summed E-state index contributed by atoms with van der Waals surface area (Å²) in [6.07, 6.45) is 15.9. The second-order valence-corrected chi connectivity index (χ2v) is 16.0. The molecule has 3 fully saturated rings. The number of aliphatic hydroxyl groups excluding tert-OH is 1. The molecule has 3 N–H and O–H groups in total. The van der Waals surface area contributed by atoms with Crippen molar-refractivity contribution in [2.75, 3.05) is 13.1 Å². The molecule has 2 amide bonds. The maximum Gasteiger partial charge on any atom is 0.244 e. The van der Waals surface area contributed by atoms with Crippen molar-refractivity contribution in [1.29, 1.82) is 0 Å². The fourth-order valence-corrected chi connectivity index (χ4v) is 10.0. The van der Waals surface area contributed by atoms with Crippen LogP contribution in [0.15, 0.2) is 76.6 Å². The first-order chi connectivity index (χ1) is 22.1. The van der Waals surface area contributed by atoms with E-state index >= 15 is 0 Å². The molecule has 5 aliphatic rings. The fraction of sp³-hybridized carbons (Fsp3) is 0.525. The molecule has 0 saturated heterocycles. The zero-order valence-corrected chi connectivity index (χ0v) is 28.7. The standard InChI is InChI=1S/C40H49FN2O4/c1-25-28-12-13-31-38(4,29(28)23-30(44)34(25)46)18-20-40(6)32-24-37(3,16-15-36(32,2)17-19-39(31,40)5)35(47)43-22-21-42-33(45)14-9-26-7-10-27(41)11-8-26/h7-14,23,32,46H,15-22,24H2,1-6H3,(H,42,45)(H,43,47)/b14-9+/t32-,36-,37-,38+,39-,40+/m1/s1. The molecule has 0 unspecified atom stereocenters. The molecule has 1 aromatic rings. The first kappa shape index (κ1) is 33.2. The summed E-state index contributed by atoms with van der Waals surface area (Å²) in [7, 11) is 0. The van der Waals surface area contributed by atoms with Crippen LogP contribution in [0.2, 0.25) is 0 Å². The minimum absolute atomic E-state index is 0.0320. The van der Waals surface area contributed by atoms with Gasteiger partial charge in [0.05, 0.1) is 0 Å². The van der Waals surface area contributed by atoms with Gasteiger partial charge in [-0.1, -0.05) is 64.5 Å². The average Bonchev–Trinajstić information content (AvgIpc) is 3.04. The SMILES string of the molecule is CC1=C(O)C(=O)C=C2C1=CC=C1[C@@]2(C)CC[C@@]2(C)[C@@H]3C[C@](C)(C(=O)NCCNC(=O)/C=C/c4ccc(F)cc4)CC[C@]3(C)CC[C@]12C. The highest BCUT2D eigenvalue weighted by atomic mass is 19.1. The lowest BCUT2D eigenvalue weighted by Gasteiger charge is -2.70. The number of allylic oxidation sites excluding steroid dienone is 7. The van der Waals surface area contributed by atoms with Gasteiger partial charge in [0.15, 0.2) is 5.76 Å². The molecule has 0 bridgehead atoms. The molecule has 0 spiro atoms. The van der Waals surface area contributed by atoms with Gasteiger partial charge in [-0.3, -0.25) is 14.4 Å². The fourth-order valence-electron chi connectivity index (χ4n) is 10.0. The van der Waals surface area contributed by atoms with Gasteiger partial charge in [-0.25, -0.2) is 4.39 Å². The predicted octanol–water partition coefficient (Wildman–Crippen LogP) is 7.70. The second kappa shape index (κ2) is 11.5. The second-order valence-electron chi connectivity index (χ2n) is 16.0. The number of carbonyl (C=O) groups excluding carboxylic acids is 3. The molecule has 0 heterocycles. The smallest absolute Gasteiger partial charge is 0.244 e. The Morgan fingerprint density at radius 2 is 1.62 bits per heavy atom. The molecule has 5 aliphatic carbocycles. The zero-order valence-electron chi connectivity index (χ0n) is 28.7. The van der Waals surface area contributed by atoms with Gasteiger partial charge in [0.25, 0.3) is 0 Å². The van der Waals surface area contributed by atoms with Crippen molar-refractivity contribution < 1.29 is 23.9 Å². The molecule has 0 aromatic heterocycles. The number of rotatable bonds is 6. The van der Waals surface area contributed by atoms with Crippen molar-refractivity contribution in [3.8, 4) is 0 Å². The van der Waals surface area contributed by atoms with Gasteiger partial charge in [-0.2, -0.15) is 0 Å². The van der Waals surface area contributed by atoms with Crippen molar-refractivity contribution in [3.63, 3.8) is 0 Å². The van der Waals surface area contributed by atoms with Crippen molar-refractivity contribution in [2.45, 2.75) is 86.5 Å². The van der Waals surface area contributed by atoms with Gasteiger partial charge in [-0.05, 0) is 115 Å². The van der Waals surface area contributed by atoms with Crippen molar-refractivity contribution >= 4 is 23.7 Å². The van der Waals surface area contributed by atoms with Crippen LogP contribution in [0.4, 0.5) is 4.39 Å². The maximum atomic E-state index is 13.8. The van der Waals surface area contributed by atoms with E-state index in [0.29, 0.717) is 24.6 Å². The highest BCUT2D eigenvalue weighted by Gasteiger charge is 2.67. The number of fused-ring (bicyclic) bond motifs is 7. The summed E-state index contributed by atoms with van der Waals surface area (Å²) >= 11 is 0. The summed E-state index contributed by atoms with van der Waals surface area (Å²) in [5.74, 6) is -0.653. The molecular weight excluding hydrogens is 591 g/mol. The molecule has 6 atom stereocenters. The highest BCUT2D eigenvalue weighted by Crippen LogP contribution is 2.75. The number of aliphatic hydroxyl groups is 1. The Kier molecular flexibility index (Phi) is 8.08. The minimum atomic E-state index is -0.509. The minimum Gasteiger partial charge on any atom is -0.504 e. The molecule has 7 heteroatoms. The summed E-state index contributed by atoms with van der Waals surface area (Å²) in [6.45, 7) is 14.2. The monoisotopic (exact) mass is 640 g/mol. The molecule has 0 aliphatic heterocycles. The number of hydrogen-bond acceptors (Lipinski definition) is 4. The molecule has 1 aromatic carbocycles. The van der Waals surface area contributed by atoms with E-state index in [2.05, 4.69) is 57.4 Å². The Balaban J connectivity index is 1.16. The number of ketones is 1. The zero-order chi connectivity index (χ0) is 34.0. The third-order valence-electron chi connectivity index (χ3n) is 13.4. The Hall–Kier alpha value is -3.74. The first-order valence-electron chi connectivity index (χ1n) is 17.2. The quantitative estimate of drug-likeness (QED) is 0.219. The van der Waals surface area contributed by atoms with Gasteiger partial charge in [0.1, 0.15) is 5.82 Å². The van der Waals surface area contributed by atoms with E-state index in [1.54, 1.807) is 24.3 Å². The molecule has 47 heavy (non-hydrogen) atoms. The lowest BCUT2D eigenvalue weighted by Crippen LogP contribution is -2.62. The summed E-state index contributed by atoms with van der Waals surface area (Å²) in [5.41, 5.74) is 4.02. The molecule has 250 valence electrons. The number of benzene rings is 1. The van der Waals surface area contributed by atoms with Crippen LogP contribution < -0.4 is 10.6 Å². The normalized spacial score (nSPS) is 36.3. The van der Waals surface area contributed by atoms with Gasteiger partial charge < -0.3 is 15.7 Å². The van der Waals surface area contributed by atoms with Gasteiger partial charge >= 0.3 is 0 Å². The molecule has 6 nitrogen and oxygen atoms in total. The highest BCUT2D eigenvalue weighted by molar-refractivity contribution is 6.06. The van der Waals surface area contributed by atoms with Crippen LogP contribution in [-0.4, -0.2) is 35.8 Å². The number of nitrogens with one attached hydrogen (secondary N) is 2. The van der Waals surface area contributed by atoms with Crippen molar-refractivity contribution in [3.05, 3.63) is 88.0 Å². The van der Waals surface area contributed by atoms with Gasteiger partial charge in [0.2, 0.25) is 17.6 Å². The lowest BCUT2D eigenvalue weighted by atomic mass is 9.34. The van der Waals surface area contributed by atoms with E-state index in [1.807, 2.05) is 6.92 Å². The van der Waals surface area contributed by atoms with Gasteiger partial charge in [-0.15, -0.1) is 0 Å². The van der Waals surface area contributed by atoms with Crippen LogP contribution in [0.1, 0.15) is 92.1 Å². The number of carbonyl (C=O) groups is 3. The summed E-state index contributed by atoms with van der Waals surface area (Å²) in [5, 5.41) is 16.4. The molecule has 3 saturated carbocycles. The van der Waals surface area contributed by atoms with Crippen LogP contribution in [0.3, 0.4) is 0 Å². The number of hydrogen-bond donors (Lipinski definition) is 3. The summed E-state index contributed by atoms with van der Waals surface area (Å²) in [6, 6.07) is 5.92. The van der Waals surface area contributed by atoms with Crippen molar-refractivity contribution in [2.24, 2.45) is 33.0 Å². The Morgan fingerprint density at radius 1 is 0.936 bits per heavy atom. The third kappa shape index (κ3) is 5.25. The van der Waals surface area contributed by atoms with E-state index in [0.717, 1.165) is 61.7 Å². The van der Waals surface area contributed by atoms with Crippen LogP contribution >= 0.6 is 0 Å². The molecule has 6 rings (SSSR count). The topological polar surface area (TPSA) is 95.5 Å². The largest absolute Gasteiger partial charge is 0.504 e. The number of amides is 2.